The van der Waals surface area contributed by atoms with Gasteiger partial charge in [0.25, 0.3) is 5.69 Å². The quantitative estimate of drug-likeness (QED) is 0.465. The van der Waals surface area contributed by atoms with E-state index >= 15 is 0 Å². The monoisotopic (exact) mass is 248 g/mol. The molecule has 1 atom stereocenters. The lowest BCUT2D eigenvalue weighted by atomic mass is 10.1. The molecule has 1 aromatic rings. The number of benzene rings is 1. The number of hydrogen-bond donors (Lipinski definition) is 0. The molecule has 0 aromatic heterocycles. The van der Waals surface area contributed by atoms with Crippen molar-refractivity contribution in [2.45, 2.75) is 6.10 Å². The summed E-state index contributed by atoms with van der Waals surface area (Å²) in [6, 6.07) is 6.57. The number of ether oxygens (including phenoxy) is 1. The predicted molar refractivity (Wildman–Crippen MR) is 68.4 cm³/mol. The molecule has 1 heterocycles. The second-order valence-electron chi connectivity index (χ2n) is 4.26. The molecule has 0 N–H and O–H groups in total. The summed E-state index contributed by atoms with van der Waals surface area (Å²) >= 11 is 0. The van der Waals surface area contributed by atoms with Crippen LogP contribution in [0.2, 0.25) is 0 Å². The molecule has 0 bridgehead atoms. The molecule has 1 aliphatic rings. The van der Waals surface area contributed by atoms with Crippen molar-refractivity contribution in [1.29, 1.82) is 0 Å². The van der Waals surface area contributed by atoms with Gasteiger partial charge in [-0.15, -0.1) is 6.58 Å². The first-order chi connectivity index (χ1) is 8.70. The third-order valence-electron chi connectivity index (χ3n) is 3.01. The van der Waals surface area contributed by atoms with E-state index in [1.54, 1.807) is 12.1 Å². The number of nitro groups is 1. The zero-order valence-electron chi connectivity index (χ0n) is 10.1. The highest BCUT2D eigenvalue weighted by Crippen LogP contribution is 2.24. The van der Waals surface area contributed by atoms with Gasteiger partial charge < -0.3 is 4.74 Å². The Morgan fingerprint density at radius 3 is 2.83 bits per heavy atom. The van der Waals surface area contributed by atoms with Gasteiger partial charge in [-0.1, -0.05) is 6.08 Å². The molecule has 1 fully saturated rings. The summed E-state index contributed by atoms with van der Waals surface area (Å²) < 4.78 is 5.70. The van der Waals surface area contributed by atoms with Crippen LogP contribution in [0.25, 0.3) is 0 Å². The topological polar surface area (TPSA) is 55.6 Å². The summed E-state index contributed by atoms with van der Waals surface area (Å²) in [6.07, 6.45) is 1.86. The Morgan fingerprint density at radius 1 is 1.50 bits per heavy atom. The number of non-ortho nitro benzene ring substituents is 1. The fraction of sp³-hybridized carbons (Fsp3) is 0.385. The lowest BCUT2D eigenvalue weighted by molar-refractivity contribution is -0.384. The Morgan fingerprint density at radius 2 is 2.22 bits per heavy atom. The highest BCUT2D eigenvalue weighted by Gasteiger charge is 2.21. The maximum absolute atomic E-state index is 10.6. The van der Waals surface area contributed by atoms with Crippen molar-refractivity contribution in [3.8, 4) is 0 Å². The minimum Gasteiger partial charge on any atom is -0.371 e. The van der Waals surface area contributed by atoms with E-state index < -0.39 is 4.92 Å². The maximum Gasteiger partial charge on any atom is 0.269 e. The molecule has 1 aromatic carbocycles. The van der Waals surface area contributed by atoms with Gasteiger partial charge in [0.05, 0.1) is 17.6 Å². The summed E-state index contributed by atoms with van der Waals surface area (Å²) in [4.78, 5) is 12.4. The van der Waals surface area contributed by atoms with Gasteiger partial charge in [0.2, 0.25) is 0 Å². The molecule has 1 aliphatic heterocycles. The van der Waals surface area contributed by atoms with E-state index in [2.05, 4.69) is 11.5 Å². The first-order valence-electron chi connectivity index (χ1n) is 5.90. The SMILES string of the molecule is C=CCN1CCO[C@H](c2ccc([N+](=O)[O-])cc2)C1. The van der Waals surface area contributed by atoms with E-state index in [1.165, 1.54) is 12.1 Å². The number of morpholine rings is 1. The first-order valence-corrected chi connectivity index (χ1v) is 5.90. The van der Waals surface area contributed by atoms with Crippen LogP contribution in [0.1, 0.15) is 11.7 Å². The van der Waals surface area contributed by atoms with E-state index in [9.17, 15) is 10.1 Å². The molecule has 1 saturated heterocycles. The van der Waals surface area contributed by atoms with Gasteiger partial charge in [0.15, 0.2) is 0 Å². The highest BCUT2D eigenvalue weighted by molar-refractivity contribution is 5.34. The third-order valence-corrected chi connectivity index (χ3v) is 3.01. The van der Waals surface area contributed by atoms with E-state index in [4.69, 9.17) is 4.74 Å². The van der Waals surface area contributed by atoms with E-state index in [0.29, 0.717) is 6.61 Å². The average Bonchev–Trinajstić information content (AvgIpc) is 2.39. The van der Waals surface area contributed by atoms with Crippen LogP contribution >= 0.6 is 0 Å². The molecule has 96 valence electrons. The zero-order chi connectivity index (χ0) is 13.0. The standard InChI is InChI=1S/C13H16N2O3/c1-2-7-14-8-9-18-13(10-14)11-3-5-12(6-4-11)15(16)17/h2-6,13H,1,7-10H2/t13-/m0/s1. The van der Waals surface area contributed by atoms with Gasteiger partial charge in [-0.2, -0.15) is 0 Å². The third kappa shape index (κ3) is 2.94. The predicted octanol–water partition coefficient (Wildman–Crippen LogP) is 2.15. The van der Waals surface area contributed by atoms with Crippen molar-refractivity contribution in [1.82, 2.24) is 4.90 Å². The minimum absolute atomic E-state index is 0.0143. The smallest absolute Gasteiger partial charge is 0.269 e. The van der Waals surface area contributed by atoms with Crippen molar-refractivity contribution in [2.24, 2.45) is 0 Å². The van der Waals surface area contributed by atoms with Crippen LogP contribution in [0.15, 0.2) is 36.9 Å². The lowest BCUT2D eigenvalue weighted by Crippen LogP contribution is -2.38. The van der Waals surface area contributed by atoms with Crippen molar-refractivity contribution in [3.05, 3.63) is 52.6 Å². The molecular formula is C13H16N2O3. The van der Waals surface area contributed by atoms with E-state index in [0.717, 1.165) is 25.2 Å². The summed E-state index contributed by atoms with van der Waals surface area (Å²) in [5, 5.41) is 10.6. The number of nitro benzene ring substituents is 1. The normalized spacial score (nSPS) is 20.6. The fourth-order valence-corrected chi connectivity index (χ4v) is 2.06. The van der Waals surface area contributed by atoms with E-state index in [1.807, 2.05) is 6.08 Å². The zero-order valence-corrected chi connectivity index (χ0v) is 10.1. The van der Waals surface area contributed by atoms with Crippen molar-refractivity contribution < 1.29 is 9.66 Å². The van der Waals surface area contributed by atoms with Crippen LogP contribution in [-0.4, -0.2) is 36.1 Å². The summed E-state index contributed by atoms with van der Waals surface area (Å²) in [5.41, 5.74) is 1.09. The Labute approximate surface area is 106 Å². The Hall–Kier alpha value is -1.72. The Balaban J connectivity index is 2.06. The van der Waals surface area contributed by atoms with Crippen molar-refractivity contribution in [3.63, 3.8) is 0 Å². The number of hydrogen-bond acceptors (Lipinski definition) is 4. The summed E-state index contributed by atoms with van der Waals surface area (Å²) in [5.74, 6) is 0. The first kappa shape index (κ1) is 12.7. The summed E-state index contributed by atoms with van der Waals surface area (Å²) in [6.45, 7) is 6.94. The van der Waals surface area contributed by atoms with Crippen molar-refractivity contribution in [2.75, 3.05) is 26.2 Å². The molecule has 0 saturated carbocycles. The number of nitrogens with zero attached hydrogens (tertiary/aromatic N) is 2. The van der Waals surface area contributed by atoms with Crippen LogP contribution in [-0.2, 0) is 4.74 Å². The van der Waals surface area contributed by atoms with Gasteiger partial charge in [-0.3, -0.25) is 15.0 Å². The minimum atomic E-state index is -0.393. The lowest BCUT2D eigenvalue weighted by Gasteiger charge is -2.32. The van der Waals surface area contributed by atoms with Crippen LogP contribution in [0.3, 0.4) is 0 Å². The molecule has 0 radical (unpaired) electrons. The molecule has 0 amide bonds. The van der Waals surface area contributed by atoms with Crippen LogP contribution in [0, 0.1) is 10.1 Å². The second-order valence-corrected chi connectivity index (χ2v) is 4.26. The molecule has 0 spiro atoms. The average molecular weight is 248 g/mol. The molecule has 5 heteroatoms. The molecule has 5 nitrogen and oxygen atoms in total. The van der Waals surface area contributed by atoms with Crippen LogP contribution < -0.4 is 0 Å². The molecular weight excluding hydrogens is 232 g/mol. The highest BCUT2D eigenvalue weighted by atomic mass is 16.6. The molecule has 0 aliphatic carbocycles. The summed E-state index contributed by atoms with van der Waals surface area (Å²) in [7, 11) is 0. The number of rotatable bonds is 4. The Kier molecular flexibility index (Phi) is 4.07. The largest absolute Gasteiger partial charge is 0.371 e. The van der Waals surface area contributed by atoms with Gasteiger partial charge in [-0.25, -0.2) is 0 Å². The van der Waals surface area contributed by atoms with Gasteiger partial charge >= 0.3 is 0 Å². The van der Waals surface area contributed by atoms with Gasteiger partial charge in [-0.05, 0) is 17.7 Å². The van der Waals surface area contributed by atoms with Gasteiger partial charge in [0, 0.05) is 31.8 Å². The van der Waals surface area contributed by atoms with Crippen molar-refractivity contribution >= 4 is 5.69 Å². The molecule has 18 heavy (non-hydrogen) atoms. The fourth-order valence-electron chi connectivity index (χ4n) is 2.06. The van der Waals surface area contributed by atoms with Crippen LogP contribution in [0.4, 0.5) is 5.69 Å². The van der Waals surface area contributed by atoms with Crippen LogP contribution in [0.5, 0.6) is 0 Å². The molecule has 2 rings (SSSR count). The van der Waals surface area contributed by atoms with Gasteiger partial charge in [0.1, 0.15) is 0 Å². The Bertz CT molecular complexity index is 430. The molecule has 0 unspecified atom stereocenters. The maximum atomic E-state index is 10.6. The van der Waals surface area contributed by atoms with E-state index in [-0.39, 0.29) is 11.8 Å². The second kappa shape index (κ2) is 5.75.